The van der Waals surface area contributed by atoms with Gasteiger partial charge in [-0.25, -0.2) is 9.80 Å². The molecule has 0 saturated carbocycles. The number of carboxylic acid groups (broad SMARTS) is 3. The SMILES string of the molecule is CC(C)C(NC(=O)C(CCC(=O)O)NC(=O)C(CC(=O)O)NC(=O)OCc1ccccc1)C(=O)NN(CC(=O)O)C(=O)C1OC1C(=O)N1CCc2ccccc2C1. The molecule has 5 unspecified atom stereocenters. The van der Waals surface area contributed by atoms with Crippen LogP contribution in [0.15, 0.2) is 54.6 Å². The summed E-state index contributed by atoms with van der Waals surface area (Å²) in [6.07, 6.45) is -5.36. The Hall–Kier alpha value is -6.57. The number of nitrogens with one attached hydrogen (secondary N) is 4. The number of ether oxygens (including phenoxy) is 2. The molecule has 0 radical (unpaired) electrons. The Morgan fingerprint density at radius 2 is 1.44 bits per heavy atom. The zero-order valence-corrected chi connectivity index (χ0v) is 31.0. The minimum absolute atomic E-state index is 0.216. The van der Waals surface area contributed by atoms with Gasteiger partial charge >= 0.3 is 24.0 Å². The lowest BCUT2D eigenvalue weighted by molar-refractivity contribution is -0.151. The molecule has 20 nitrogen and oxygen atoms in total. The second kappa shape index (κ2) is 19.8. The number of rotatable bonds is 18. The van der Waals surface area contributed by atoms with Crippen molar-refractivity contribution in [2.45, 2.75) is 83.0 Å². The number of nitrogens with zero attached hydrogens (tertiary/aromatic N) is 2. The molecule has 2 heterocycles. The number of hydrazine groups is 1. The summed E-state index contributed by atoms with van der Waals surface area (Å²) in [5, 5.41) is 35.3. The Morgan fingerprint density at radius 1 is 0.789 bits per heavy atom. The topological polar surface area (TPSA) is 291 Å². The summed E-state index contributed by atoms with van der Waals surface area (Å²) in [5.41, 5.74) is 4.77. The van der Waals surface area contributed by atoms with E-state index in [4.69, 9.17) is 9.47 Å². The van der Waals surface area contributed by atoms with Crippen LogP contribution in [0, 0.1) is 5.92 Å². The fourth-order valence-corrected chi connectivity index (χ4v) is 5.90. The van der Waals surface area contributed by atoms with Gasteiger partial charge in [-0.3, -0.25) is 43.8 Å². The Kier molecular flexibility index (Phi) is 15.0. The van der Waals surface area contributed by atoms with Crippen molar-refractivity contribution < 1.29 is 67.9 Å². The number of amides is 6. The molecule has 7 N–H and O–H groups in total. The molecule has 1 saturated heterocycles. The second-order valence-electron chi connectivity index (χ2n) is 13.6. The van der Waals surface area contributed by atoms with Gasteiger partial charge in [-0.1, -0.05) is 68.4 Å². The van der Waals surface area contributed by atoms with Crippen molar-refractivity contribution in [1.82, 2.24) is 31.3 Å². The fourth-order valence-electron chi connectivity index (χ4n) is 5.90. The number of aliphatic carboxylic acids is 3. The van der Waals surface area contributed by atoms with E-state index in [1.807, 2.05) is 24.3 Å². The number of hydrogen-bond acceptors (Lipinski definition) is 11. The van der Waals surface area contributed by atoms with Crippen molar-refractivity contribution in [2.24, 2.45) is 5.92 Å². The van der Waals surface area contributed by atoms with E-state index in [2.05, 4.69) is 21.4 Å². The third kappa shape index (κ3) is 12.7. The predicted molar refractivity (Wildman–Crippen MR) is 193 cm³/mol. The van der Waals surface area contributed by atoms with Crippen LogP contribution >= 0.6 is 0 Å². The van der Waals surface area contributed by atoms with E-state index < -0.39 is 116 Å². The highest BCUT2D eigenvalue weighted by Crippen LogP contribution is 2.29. The maximum Gasteiger partial charge on any atom is 0.408 e. The van der Waals surface area contributed by atoms with Crippen molar-refractivity contribution >= 4 is 53.5 Å². The van der Waals surface area contributed by atoms with Crippen LogP contribution in [-0.4, -0.2) is 122 Å². The normalized spacial score (nSPS) is 17.1. The standard InChI is InChI=1S/C37H44N6O14/c1-20(2)29(34(52)41-43(18-28(48)49)36(54)31-30(57-31)35(53)42-15-14-22-10-6-7-11-23(22)17-42)40-32(50)24(12-13-26(44)45)38-33(51)25(16-27(46)47)39-37(55)56-19-21-8-4-3-5-9-21/h3-11,20,24-25,29-31H,12-19H2,1-2H3,(H,38,51)(H,39,55)(H,40,50)(H,41,52)(H,44,45)(H,46,47)(H,48,49). The fraction of sp³-hybridized carbons (Fsp3) is 0.432. The van der Waals surface area contributed by atoms with Crippen molar-refractivity contribution in [3.05, 3.63) is 71.3 Å². The molecule has 0 bridgehead atoms. The summed E-state index contributed by atoms with van der Waals surface area (Å²) in [6.45, 7) is 2.36. The lowest BCUT2D eigenvalue weighted by Crippen LogP contribution is -2.60. The third-order valence-electron chi connectivity index (χ3n) is 8.95. The maximum atomic E-state index is 13.5. The van der Waals surface area contributed by atoms with Crippen LogP contribution in [-0.2, 0) is 67.4 Å². The van der Waals surface area contributed by atoms with E-state index in [1.165, 1.54) is 18.7 Å². The highest BCUT2D eigenvalue weighted by atomic mass is 16.6. The molecule has 57 heavy (non-hydrogen) atoms. The average molecular weight is 797 g/mol. The molecule has 2 aliphatic rings. The molecule has 2 aliphatic heterocycles. The lowest BCUT2D eigenvalue weighted by Gasteiger charge is -2.29. The Labute approximate surface area is 325 Å². The van der Waals surface area contributed by atoms with Crippen LogP contribution in [0.1, 0.15) is 49.8 Å². The van der Waals surface area contributed by atoms with E-state index >= 15 is 0 Å². The number of fused-ring (bicyclic) bond motifs is 1. The largest absolute Gasteiger partial charge is 0.481 e. The monoisotopic (exact) mass is 796 g/mol. The first kappa shape index (κ1) is 43.2. The molecular weight excluding hydrogens is 752 g/mol. The van der Waals surface area contributed by atoms with Gasteiger partial charge in [0.15, 0.2) is 12.2 Å². The molecule has 306 valence electrons. The van der Waals surface area contributed by atoms with Gasteiger partial charge in [0.1, 0.15) is 31.3 Å². The van der Waals surface area contributed by atoms with Gasteiger partial charge in [0, 0.05) is 19.5 Å². The van der Waals surface area contributed by atoms with Crippen LogP contribution in [0.3, 0.4) is 0 Å². The summed E-state index contributed by atoms with van der Waals surface area (Å²) in [5.74, 6) is -10.1. The highest BCUT2D eigenvalue weighted by molar-refractivity contribution is 5.98. The molecule has 0 aliphatic carbocycles. The third-order valence-corrected chi connectivity index (χ3v) is 8.95. The molecule has 1 fully saturated rings. The Balaban J connectivity index is 1.41. The number of carbonyl (C=O) groups is 9. The van der Waals surface area contributed by atoms with Crippen LogP contribution in [0.4, 0.5) is 4.79 Å². The molecular formula is C37H44N6O14. The van der Waals surface area contributed by atoms with Gasteiger partial charge in [-0.15, -0.1) is 0 Å². The quantitative estimate of drug-likeness (QED) is 0.0743. The summed E-state index contributed by atoms with van der Waals surface area (Å²) >= 11 is 0. The van der Waals surface area contributed by atoms with Gasteiger partial charge in [0.25, 0.3) is 17.7 Å². The van der Waals surface area contributed by atoms with Gasteiger partial charge in [-0.05, 0) is 35.4 Å². The summed E-state index contributed by atoms with van der Waals surface area (Å²) in [4.78, 5) is 116. The number of epoxide rings is 1. The molecule has 20 heteroatoms. The number of alkyl carbamates (subject to hydrolysis) is 1. The van der Waals surface area contributed by atoms with Crippen molar-refractivity contribution in [3.8, 4) is 0 Å². The average Bonchev–Trinajstić information content (AvgIpc) is 3.97. The van der Waals surface area contributed by atoms with E-state index in [-0.39, 0.29) is 13.2 Å². The molecule has 0 aromatic heterocycles. The van der Waals surface area contributed by atoms with Crippen LogP contribution in [0.2, 0.25) is 0 Å². The molecule has 6 amide bonds. The first-order valence-electron chi connectivity index (χ1n) is 17.9. The van der Waals surface area contributed by atoms with Crippen molar-refractivity contribution in [3.63, 3.8) is 0 Å². The minimum atomic E-state index is -1.78. The van der Waals surface area contributed by atoms with Crippen LogP contribution in [0.5, 0.6) is 0 Å². The maximum absolute atomic E-state index is 13.5. The predicted octanol–water partition coefficient (Wildman–Crippen LogP) is -0.457. The van der Waals surface area contributed by atoms with E-state index in [0.29, 0.717) is 23.5 Å². The minimum Gasteiger partial charge on any atom is -0.481 e. The summed E-state index contributed by atoms with van der Waals surface area (Å²) < 4.78 is 10.4. The summed E-state index contributed by atoms with van der Waals surface area (Å²) in [6, 6.07) is 11.0. The van der Waals surface area contributed by atoms with Gasteiger partial charge in [0.2, 0.25) is 11.8 Å². The molecule has 5 atom stereocenters. The van der Waals surface area contributed by atoms with E-state index in [1.54, 1.807) is 30.3 Å². The van der Waals surface area contributed by atoms with Crippen LogP contribution in [0.25, 0.3) is 0 Å². The molecule has 0 spiro atoms. The van der Waals surface area contributed by atoms with Gasteiger partial charge in [-0.2, -0.15) is 0 Å². The smallest absolute Gasteiger partial charge is 0.408 e. The Morgan fingerprint density at radius 3 is 2.07 bits per heavy atom. The number of hydrogen-bond donors (Lipinski definition) is 7. The zero-order chi connectivity index (χ0) is 41.8. The number of carbonyl (C=O) groups excluding carboxylic acids is 6. The summed E-state index contributed by atoms with van der Waals surface area (Å²) in [7, 11) is 0. The van der Waals surface area contributed by atoms with Crippen LogP contribution < -0.4 is 21.4 Å². The lowest BCUT2D eigenvalue weighted by atomic mass is 9.99. The van der Waals surface area contributed by atoms with Gasteiger partial charge in [0.05, 0.1) is 6.42 Å². The molecule has 4 rings (SSSR count). The number of carboxylic acids is 3. The molecule has 2 aromatic carbocycles. The Bertz CT molecular complexity index is 1860. The second-order valence-corrected chi connectivity index (χ2v) is 13.6. The molecule has 2 aromatic rings. The highest BCUT2D eigenvalue weighted by Gasteiger charge is 2.54. The first-order chi connectivity index (χ1) is 27.0. The zero-order valence-electron chi connectivity index (χ0n) is 31.0. The first-order valence-corrected chi connectivity index (χ1v) is 17.9. The van der Waals surface area contributed by atoms with Crippen molar-refractivity contribution in [1.29, 1.82) is 0 Å². The van der Waals surface area contributed by atoms with E-state index in [0.717, 1.165) is 11.1 Å². The van der Waals surface area contributed by atoms with E-state index in [9.17, 15) is 58.5 Å². The van der Waals surface area contributed by atoms with Gasteiger partial charge < -0.3 is 45.6 Å². The number of benzene rings is 2. The van der Waals surface area contributed by atoms with Crippen molar-refractivity contribution in [2.75, 3.05) is 13.1 Å².